The molecule has 0 saturated carbocycles. The van der Waals surface area contributed by atoms with E-state index in [-0.39, 0.29) is 24.6 Å². The Morgan fingerprint density at radius 3 is 2.78 bits per heavy atom. The van der Waals surface area contributed by atoms with Crippen molar-refractivity contribution in [2.75, 3.05) is 6.54 Å². The Morgan fingerprint density at radius 2 is 1.93 bits per heavy atom. The molecule has 0 fully saturated rings. The van der Waals surface area contributed by atoms with E-state index in [0.717, 1.165) is 21.5 Å². The molecule has 27 heavy (non-hydrogen) atoms. The van der Waals surface area contributed by atoms with Crippen molar-refractivity contribution in [2.24, 2.45) is 0 Å². The van der Waals surface area contributed by atoms with Crippen molar-refractivity contribution in [2.45, 2.75) is 6.54 Å². The van der Waals surface area contributed by atoms with Gasteiger partial charge in [0.2, 0.25) is 0 Å². The Bertz CT molecular complexity index is 1150. The molecular formula is C20H16N4O2S. The first-order valence-corrected chi connectivity index (χ1v) is 9.35. The number of pyridine rings is 1. The maximum Gasteiger partial charge on any atom is 0.269 e. The van der Waals surface area contributed by atoms with E-state index < -0.39 is 0 Å². The van der Waals surface area contributed by atoms with Crippen molar-refractivity contribution in [3.8, 4) is 10.6 Å². The van der Waals surface area contributed by atoms with Gasteiger partial charge in [-0.2, -0.15) is 5.10 Å². The highest BCUT2D eigenvalue weighted by atomic mass is 32.1. The van der Waals surface area contributed by atoms with Gasteiger partial charge in [-0.25, -0.2) is 9.67 Å². The van der Waals surface area contributed by atoms with Crippen LogP contribution in [-0.4, -0.2) is 27.2 Å². The van der Waals surface area contributed by atoms with E-state index in [1.54, 1.807) is 23.5 Å². The van der Waals surface area contributed by atoms with Crippen LogP contribution in [0.2, 0.25) is 0 Å². The second kappa shape index (κ2) is 7.51. The smallest absolute Gasteiger partial charge is 0.269 e. The largest absolute Gasteiger partial charge is 0.349 e. The number of nitrogens with zero attached hydrogens (tertiary/aromatic N) is 3. The number of aromatic nitrogens is 3. The van der Waals surface area contributed by atoms with Crippen LogP contribution >= 0.6 is 11.3 Å². The predicted octanol–water partition coefficient (Wildman–Crippen LogP) is 2.95. The van der Waals surface area contributed by atoms with Crippen LogP contribution in [0.5, 0.6) is 0 Å². The summed E-state index contributed by atoms with van der Waals surface area (Å²) in [5.41, 5.74) is 1.66. The van der Waals surface area contributed by atoms with Gasteiger partial charge in [0.1, 0.15) is 11.4 Å². The molecule has 1 aromatic carbocycles. The van der Waals surface area contributed by atoms with Gasteiger partial charge in [-0.15, -0.1) is 11.3 Å². The number of hydrogen-bond acceptors (Lipinski definition) is 5. The summed E-state index contributed by atoms with van der Waals surface area (Å²) in [7, 11) is 0. The molecule has 0 unspecified atom stereocenters. The van der Waals surface area contributed by atoms with Crippen LogP contribution in [-0.2, 0) is 6.54 Å². The van der Waals surface area contributed by atoms with Gasteiger partial charge < -0.3 is 5.32 Å². The average molecular weight is 376 g/mol. The van der Waals surface area contributed by atoms with E-state index >= 15 is 0 Å². The molecule has 0 spiro atoms. The molecule has 3 aromatic heterocycles. The molecule has 134 valence electrons. The molecule has 0 bridgehead atoms. The molecule has 0 radical (unpaired) electrons. The van der Waals surface area contributed by atoms with E-state index in [9.17, 15) is 9.59 Å². The van der Waals surface area contributed by atoms with E-state index in [1.807, 2.05) is 47.8 Å². The first-order chi connectivity index (χ1) is 13.2. The summed E-state index contributed by atoms with van der Waals surface area (Å²) in [5, 5.41) is 10.1. The van der Waals surface area contributed by atoms with Crippen LogP contribution in [0, 0.1) is 0 Å². The summed E-state index contributed by atoms with van der Waals surface area (Å²) in [6.45, 7) is 0.575. The molecule has 0 aliphatic heterocycles. The number of carbonyl (C=O) groups excluding carboxylic acids is 1. The van der Waals surface area contributed by atoms with Crippen molar-refractivity contribution in [3.63, 3.8) is 0 Å². The lowest BCUT2D eigenvalue weighted by atomic mass is 10.2. The molecule has 3 heterocycles. The van der Waals surface area contributed by atoms with Crippen molar-refractivity contribution >= 4 is 28.1 Å². The highest BCUT2D eigenvalue weighted by Gasteiger charge is 2.09. The Kier molecular flexibility index (Phi) is 4.76. The molecule has 0 saturated heterocycles. The van der Waals surface area contributed by atoms with Crippen molar-refractivity contribution in [3.05, 3.63) is 82.1 Å². The summed E-state index contributed by atoms with van der Waals surface area (Å²) < 4.78 is 1.36. The lowest BCUT2D eigenvalue weighted by Crippen LogP contribution is -2.32. The first kappa shape index (κ1) is 17.1. The van der Waals surface area contributed by atoms with Crippen LogP contribution in [0.4, 0.5) is 0 Å². The number of rotatable bonds is 5. The molecule has 0 aliphatic carbocycles. The Hall–Kier alpha value is -3.32. The van der Waals surface area contributed by atoms with E-state index in [1.165, 1.54) is 10.7 Å². The minimum atomic E-state index is -0.275. The summed E-state index contributed by atoms with van der Waals surface area (Å²) in [5.74, 6) is -0.275. The Morgan fingerprint density at radius 1 is 1.04 bits per heavy atom. The quantitative estimate of drug-likeness (QED) is 0.581. The fraction of sp³-hybridized carbons (Fsp3) is 0.100. The zero-order valence-corrected chi connectivity index (χ0v) is 15.1. The number of fused-ring (bicyclic) bond motifs is 1. The van der Waals surface area contributed by atoms with Gasteiger partial charge in [-0.3, -0.25) is 9.59 Å². The lowest BCUT2D eigenvalue weighted by Gasteiger charge is -2.08. The van der Waals surface area contributed by atoms with Gasteiger partial charge in [0, 0.05) is 18.0 Å². The van der Waals surface area contributed by atoms with E-state index in [4.69, 9.17) is 0 Å². The van der Waals surface area contributed by atoms with Crippen molar-refractivity contribution < 1.29 is 4.79 Å². The number of amides is 1. The van der Waals surface area contributed by atoms with E-state index in [0.29, 0.717) is 5.69 Å². The molecule has 0 aliphatic rings. The minimum Gasteiger partial charge on any atom is -0.349 e. The standard InChI is InChI=1S/C20H16N4O2S/c25-19-10-9-16(18-6-3-13-27-18)23-24(19)12-11-21-20(26)17-8-7-14-4-1-2-5-15(14)22-17/h1-10,13H,11-12H2,(H,21,26). The van der Waals surface area contributed by atoms with Crippen molar-refractivity contribution in [1.82, 2.24) is 20.1 Å². The number of thiophene rings is 1. The van der Waals surface area contributed by atoms with Crippen LogP contribution in [0.1, 0.15) is 10.5 Å². The fourth-order valence-corrected chi connectivity index (χ4v) is 3.41. The molecule has 1 amide bonds. The molecule has 4 aromatic rings. The van der Waals surface area contributed by atoms with Crippen LogP contribution in [0.15, 0.2) is 70.8 Å². The first-order valence-electron chi connectivity index (χ1n) is 8.47. The summed E-state index contributed by atoms with van der Waals surface area (Å²) in [4.78, 5) is 29.7. The van der Waals surface area contributed by atoms with Gasteiger partial charge in [0.25, 0.3) is 11.5 Å². The fourth-order valence-electron chi connectivity index (χ4n) is 2.72. The molecule has 4 rings (SSSR count). The third-order valence-electron chi connectivity index (χ3n) is 4.08. The summed E-state index contributed by atoms with van der Waals surface area (Å²) in [6, 6.07) is 18.3. The highest BCUT2D eigenvalue weighted by molar-refractivity contribution is 7.13. The molecular weight excluding hydrogens is 360 g/mol. The molecule has 1 N–H and O–H groups in total. The van der Waals surface area contributed by atoms with Crippen LogP contribution in [0.25, 0.3) is 21.5 Å². The number of carbonyl (C=O) groups is 1. The minimum absolute atomic E-state index is 0.201. The van der Waals surface area contributed by atoms with Crippen LogP contribution in [0.3, 0.4) is 0 Å². The normalized spacial score (nSPS) is 10.8. The number of para-hydroxylation sites is 1. The molecule has 6 nitrogen and oxygen atoms in total. The second-order valence-electron chi connectivity index (χ2n) is 5.90. The number of benzene rings is 1. The van der Waals surface area contributed by atoms with Gasteiger partial charge in [-0.1, -0.05) is 30.3 Å². The molecule has 0 atom stereocenters. The Labute approximate surface area is 159 Å². The van der Waals surface area contributed by atoms with Gasteiger partial charge in [0.05, 0.1) is 16.9 Å². The third-order valence-corrected chi connectivity index (χ3v) is 4.97. The monoisotopic (exact) mass is 376 g/mol. The number of nitrogens with one attached hydrogen (secondary N) is 1. The second-order valence-corrected chi connectivity index (χ2v) is 6.85. The average Bonchev–Trinajstić information content (AvgIpc) is 3.24. The Balaban J connectivity index is 1.44. The maximum atomic E-state index is 12.3. The summed E-state index contributed by atoms with van der Waals surface area (Å²) in [6.07, 6.45) is 0. The zero-order valence-electron chi connectivity index (χ0n) is 14.3. The zero-order chi connectivity index (χ0) is 18.6. The van der Waals surface area contributed by atoms with E-state index in [2.05, 4.69) is 15.4 Å². The van der Waals surface area contributed by atoms with Gasteiger partial charge in [0.15, 0.2) is 0 Å². The van der Waals surface area contributed by atoms with Gasteiger partial charge in [-0.05, 0) is 29.6 Å². The van der Waals surface area contributed by atoms with Crippen LogP contribution < -0.4 is 10.9 Å². The number of hydrogen-bond donors (Lipinski definition) is 1. The third kappa shape index (κ3) is 3.78. The van der Waals surface area contributed by atoms with Crippen molar-refractivity contribution in [1.29, 1.82) is 0 Å². The lowest BCUT2D eigenvalue weighted by molar-refractivity contribution is 0.0947. The molecule has 7 heteroatoms. The maximum absolute atomic E-state index is 12.3. The SMILES string of the molecule is O=C(NCCn1nc(-c2cccs2)ccc1=O)c1ccc2ccccc2n1. The predicted molar refractivity (Wildman–Crippen MR) is 106 cm³/mol. The topological polar surface area (TPSA) is 76.9 Å². The summed E-state index contributed by atoms with van der Waals surface area (Å²) >= 11 is 1.56. The highest BCUT2D eigenvalue weighted by Crippen LogP contribution is 2.21. The van der Waals surface area contributed by atoms with Gasteiger partial charge >= 0.3 is 0 Å².